The van der Waals surface area contributed by atoms with E-state index in [4.69, 9.17) is 4.74 Å². The average Bonchev–Trinajstić information content (AvgIpc) is 2.61. The highest BCUT2D eigenvalue weighted by atomic mass is 19.2. The van der Waals surface area contributed by atoms with Gasteiger partial charge < -0.3 is 4.74 Å². The van der Waals surface area contributed by atoms with Crippen molar-refractivity contribution >= 4 is 5.97 Å². The van der Waals surface area contributed by atoms with Crippen LogP contribution in [-0.2, 0) is 10.2 Å². The van der Waals surface area contributed by atoms with Gasteiger partial charge in [0.05, 0.1) is 0 Å². The van der Waals surface area contributed by atoms with Crippen LogP contribution >= 0.6 is 0 Å². The van der Waals surface area contributed by atoms with Gasteiger partial charge in [-0.2, -0.15) is 4.39 Å². The average molecular weight is 348 g/mol. The minimum Gasteiger partial charge on any atom is -0.420 e. The number of allylic oxidation sites excluding steroid dienone is 1. The Morgan fingerprint density at radius 3 is 2.32 bits per heavy atom. The summed E-state index contributed by atoms with van der Waals surface area (Å²) in [6.07, 6.45) is 11.1. The predicted octanol–water partition coefficient (Wildman–Crippen LogP) is 5.84. The zero-order valence-corrected chi connectivity index (χ0v) is 15.0. The molecular formula is C21H26F2O2. The van der Waals surface area contributed by atoms with Crippen LogP contribution in [0.2, 0.25) is 0 Å². The standard InChI is InChI=1S/C21H26F2O2/c1-3-5-17(24)25-16-7-6-15(18(22)19(16)23)21-12-9-20(8-4-2,10-13-21)11-14-21/h3,5-7H,4,8-14H2,1-2H3. The number of esters is 1. The van der Waals surface area contributed by atoms with Gasteiger partial charge in [-0.05, 0) is 74.3 Å². The van der Waals surface area contributed by atoms with Crippen molar-refractivity contribution < 1.29 is 18.3 Å². The molecule has 0 atom stereocenters. The number of rotatable bonds is 5. The van der Waals surface area contributed by atoms with Gasteiger partial charge in [0.15, 0.2) is 11.6 Å². The van der Waals surface area contributed by atoms with Crippen molar-refractivity contribution in [2.24, 2.45) is 5.41 Å². The lowest BCUT2D eigenvalue weighted by Gasteiger charge is -2.54. The van der Waals surface area contributed by atoms with Gasteiger partial charge in [0.2, 0.25) is 5.82 Å². The van der Waals surface area contributed by atoms with Crippen molar-refractivity contribution in [1.82, 2.24) is 0 Å². The third kappa shape index (κ3) is 3.23. The largest absolute Gasteiger partial charge is 0.420 e. The molecular weight excluding hydrogens is 322 g/mol. The Balaban J connectivity index is 1.85. The molecule has 4 rings (SSSR count). The summed E-state index contributed by atoms with van der Waals surface area (Å²) in [5, 5.41) is 0. The number of hydrogen-bond acceptors (Lipinski definition) is 2. The Labute approximate surface area is 148 Å². The molecule has 25 heavy (non-hydrogen) atoms. The van der Waals surface area contributed by atoms with Crippen molar-refractivity contribution in [3.05, 3.63) is 41.5 Å². The van der Waals surface area contributed by atoms with E-state index in [-0.39, 0.29) is 11.2 Å². The lowest BCUT2D eigenvalue weighted by molar-refractivity contribution is -0.129. The summed E-state index contributed by atoms with van der Waals surface area (Å²) in [6.45, 7) is 3.87. The second-order valence-corrected chi connectivity index (χ2v) is 7.69. The quantitative estimate of drug-likeness (QED) is 0.380. The van der Waals surface area contributed by atoms with E-state index in [1.165, 1.54) is 31.1 Å². The highest BCUT2D eigenvalue weighted by Gasteiger charge is 2.49. The second-order valence-electron chi connectivity index (χ2n) is 7.69. The molecule has 4 heteroatoms. The summed E-state index contributed by atoms with van der Waals surface area (Å²) in [5.41, 5.74) is 0.625. The number of ether oxygens (including phenoxy) is 1. The first-order chi connectivity index (χ1) is 12.0. The minimum absolute atomic E-state index is 0.258. The summed E-state index contributed by atoms with van der Waals surface area (Å²) < 4.78 is 34.1. The summed E-state index contributed by atoms with van der Waals surface area (Å²) in [7, 11) is 0. The maximum absolute atomic E-state index is 14.8. The van der Waals surface area contributed by atoms with Crippen LogP contribution in [0.25, 0.3) is 0 Å². The van der Waals surface area contributed by atoms with Crippen LogP contribution in [0.15, 0.2) is 24.3 Å². The molecule has 2 bridgehead atoms. The first-order valence-corrected chi connectivity index (χ1v) is 9.28. The van der Waals surface area contributed by atoms with Gasteiger partial charge in [0.1, 0.15) is 0 Å². The van der Waals surface area contributed by atoms with Crippen molar-refractivity contribution in [2.45, 2.75) is 70.6 Å². The third-order valence-electron chi connectivity index (χ3n) is 6.31. The highest BCUT2D eigenvalue weighted by Crippen LogP contribution is 2.59. The summed E-state index contributed by atoms with van der Waals surface area (Å²) in [5.74, 6) is -2.95. The van der Waals surface area contributed by atoms with Crippen LogP contribution in [0.3, 0.4) is 0 Å². The molecule has 1 aromatic rings. The number of fused-ring (bicyclic) bond motifs is 3. The van der Waals surface area contributed by atoms with Gasteiger partial charge in [-0.25, -0.2) is 9.18 Å². The van der Waals surface area contributed by atoms with E-state index in [0.717, 1.165) is 38.5 Å². The molecule has 136 valence electrons. The van der Waals surface area contributed by atoms with Crippen LogP contribution < -0.4 is 4.74 Å². The molecule has 0 radical (unpaired) electrons. The fourth-order valence-corrected chi connectivity index (χ4v) is 4.87. The molecule has 0 aliphatic heterocycles. The van der Waals surface area contributed by atoms with Crippen LogP contribution in [0.4, 0.5) is 8.78 Å². The SMILES string of the molecule is CC=CC(=O)Oc1ccc(C23CCC(CCC)(CC2)CC3)c(F)c1F. The van der Waals surface area contributed by atoms with E-state index in [1.54, 1.807) is 13.0 Å². The first kappa shape index (κ1) is 18.1. The fraction of sp³-hybridized carbons (Fsp3) is 0.571. The van der Waals surface area contributed by atoms with Gasteiger partial charge in [-0.1, -0.05) is 25.5 Å². The van der Waals surface area contributed by atoms with Crippen molar-refractivity contribution in [3.8, 4) is 5.75 Å². The van der Waals surface area contributed by atoms with Crippen molar-refractivity contribution in [1.29, 1.82) is 0 Å². The van der Waals surface area contributed by atoms with Crippen LogP contribution in [0.5, 0.6) is 5.75 Å². The molecule has 0 aromatic heterocycles. The Hall–Kier alpha value is -1.71. The molecule has 2 nitrogen and oxygen atoms in total. The fourth-order valence-electron chi connectivity index (χ4n) is 4.87. The van der Waals surface area contributed by atoms with E-state index in [9.17, 15) is 13.6 Å². The van der Waals surface area contributed by atoms with Crippen LogP contribution in [0, 0.1) is 17.0 Å². The zero-order valence-electron chi connectivity index (χ0n) is 15.0. The lowest BCUT2D eigenvalue weighted by atomic mass is 9.51. The van der Waals surface area contributed by atoms with Crippen molar-refractivity contribution in [2.75, 3.05) is 0 Å². The molecule has 0 spiro atoms. The molecule has 0 saturated heterocycles. The Morgan fingerprint density at radius 2 is 1.76 bits per heavy atom. The summed E-state index contributed by atoms with van der Waals surface area (Å²) in [6, 6.07) is 3.02. The zero-order chi connectivity index (χ0) is 18.1. The van der Waals surface area contributed by atoms with E-state index in [2.05, 4.69) is 6.92 Å². The first-order valence-electron chi connectivity index (χ1n) is 9.28. The Kier molecular flexibility index (Phi) is 4.99. The summed E-state index contributed by atoms with van der Waals surface area (Å²) in [4.78, 5) is 11.5. The van der Waals surface area contributed by atoms with E-state index < -0.39 is 17.6 Å². The van der Waals surface area contributed by atoms with Crippen molar-refractivity contribution in [3.63, 3.8) is 0 Å². The molecule has 0 amide bonds. The Bertz CT molecular complexity index is 669. The van der Waals surface area contributed by atoms with Gasteiger partial charge in [-0.3, -0.25) is 0 Å². The smallest absolute Gasteiger partial charge is 0.335 e. The molecule has 0 heterocycles. The Morgan fingerprint density at radius 1 is 1.12 bits per heavy atom. The second kappa shape index (κ2) is 6.89. The van der Waals surface area contributed by atoms with E-state index >= 15 is 0 Å². The number of halogens is 2. The monoisotopic (exact) mass is 348 g/mol. The van der Waals surface area contributed by atoms with E-state index in [1.807, 2.05) is 0 Å². The van der Waals surface area contributed by atoms with Crippen LogP contribution in [-0.4, -0.2) is 5.97 Å². The number of hydrogen-bond donors (Lipinski definition) is 0. The third-order valence-corrected chi connectivity index (χ3v) is 6.31. The maximum atomic E-state index is 14.8. The summed E-state index contributed by atoms with van der Waals surface area (Å²) >= 11 is 0. The molecule has 1 aromatic carbocycles. The normalized spacial score (nSPS) is 28.5. The van der Waals surface area contributed by atoms with Gasteiger partial charge in [-0.15, -0.1) is 0 Å². The van der Waals surface area contributed by atoms with E-state index in [0.29, 0.717) is 11.0 Å². The lowest BCUT2D eigenvalue weighted by Crippen LogP contribution is -2.44. The molecule has 3 aliphatic carbocycles. The molecule has 0 N–H and O–H groups in total. The number of carbonyl (C=O) groups excluding carboxylic acids is 1. The van der Waals surface area contributed by atoms with Gasteiger partial charge in [0.25, 0.3) is 0 Å². The van der Waals surface area contributed by atoms with Crippen LogP contribution in [0.1, 0.15) is 70.8 Å². The maximum Gasteiger partial charge on any atom is 0.335 e. The molecule has 3 saturated carbocycles. The molecule has 3 aliphatic rings. The predicted molar refractivity (Wildman–Crippen MR) is 93.5 cm³/mol. The topological polar surface area (TPSA) is 26.3 Å². The highest BCUT2D eigenvalue weighted by molar-refractivity contribution is 5.83. The molecule has 0 unspecified atom stereocenters. The van der Waals surface area contributed by atoms with Gasteiger partial charge in [0, 0.05) is 6.08 Å². The minimum atomic E-state index is -1.05. The molecule has 3 fully saturated rings. The van der Waals surface area contributed by atoms with Gasteiger partial charge >= 0.3 is 5.97 Å². The number of carbonyl (C=O) groups is 1. The number of benzene rings is 1.